The quantitative estimate of drug-likeness (QED) is 0.671. The first-order chi connectivity index (χ1) is 15.1. The fourth-order valence-corrected chi connectivity index (χ4v) is 4.75. The van der Waals surface area contributed by atoms with Gasteiger partial charge in [0.05, 0.1) is 18.5 Å². The van der Waals surface area contributed by atoms with Gasteiger partial charge in [0.25, 0.3) is 5.91 Å². The summed E-state index contributed by atoms with van der Waals surface area (Å²) in [7, 11) is 0. The molecule has 3 aromatic rings. The summed E-state index contributed by atoms with van der Waals surface area (Å²) >= 11 is 0. The highest BCUT2D eigenvalue weighted by atomic mass is 16.3. The lowest BCUT2D eigenvalue weighted by molar-refractivity contribution is 0.0784. The van der Waals surface area contributed by atoms with E-state index in [1.165, 1.54) is 30.2 Å². The Morgan fingerprint density at radius 1 is 1.06 bits per heavy atom. The highest BCUT2D eigenvalue weighted by molar-refractivity contribution is 5.92. The van der Waals surface area contributed by atoms with Crippen molar-refractivity contribution in [3.63, 3.8) is 0 Å². The van der Waals surface area contributed by atoms with E-state index in [0.29, 0.717) is 24.7 Å². The molecule has 1 amide bonds. The number of aliphatic hydroxyl groups is 1. The van der Waals surface area contributed by atoms with Crippen molar-refractivity contribution in [1.82, 2.24) is 14.9 Å². The minimum atomic E-state index is -0.0702. The Morgan fingerprint density at radius 2 is 1.90 bits per heavy atom. The van der Waals surface area contributed by atoms with Gasteiger partial charge in [0.15, 0.2) is 0 Å². The normalized spacial score (nSPS) is 18.4. The van der Waals surface area contributed by atoms with E-state index >= 15 is 0 Å². The Bertz CT molecular complexity index is 1120. The Balaban J connectivity index is 1.38. The van der Waals surface area contributed by atoms with Crippen LogP contribution in [0.2, 0.25) is 0 Å². The van der Waals surface area contributed by atoms with Crippen LogP contribution in [0.25, 0.3) is 11.1 Å². The first kappa shape index (κ1) is 19.9. The standard InChI is InChI=1S/C26H27N3O2/c1-17-13-27-14-25(28-17)26(31)29-11-10-20(15-29)22-9-8-19(12-21(22)16-30)24-5-3-2-4-23(24)18-6-7-18/h2-5,8-9,12-14,18,20,30H,6-7,10-11,15-16H2,1H3. The zero-order chi connectivity index (χ0) is 21.4. The first-order valence-corrected chi connectivity index (χ1v) is 11.0. The van der Waals surface area contributed by atoms with Crippen molar-refractivity contribution < 1.29 is 9.90 Å². The topological polar surface area (TPSA) is 66.3 Å². The highest BCUT2D eigenvalue weighted by Crippen LogP contribution is 2.44. The molecule has 1 aliphatic carbocycles. The maximum atomic E-state index is 12.9. The van der Waals surface area contributed by atoms with Gasteiger partial charge in [-0.15, -0.1) is 0 Å². The van der Waals surface area contributed by atoms with Crippen LogP contribution in [0, 0.1) is 6.92 Å². The third kappa shape index (κ3) is 3.98. The van der Waals surface area contributed by atoms with Gasteiger partial charge in [-0.05, 0) is 66.0 Å². The summed E-state index contributed by atoms with van der Waals surface area (Å²) in [5.41, 5.74) is 7.08. The highest BCUT2D eigenvalue weighted by Gasteiger charge is 2.30. The summed E-state index contributed by atoms with van der Waals surface area (Å²) in [5, 5.41) is 10.1. The second-order valence-electron chi connectivity index (χ2n) is 8.72. The molecule has 158 valence electrons. The monoisotopic (exact) mass is 413 g/mol. The zero-order valence-corrected chi connectivity index (χ0v) is 17.8. The molecule has 5 nitrogen and oxygen atoms in total. The lowest BCUT2D eigenvalue weighted by atomic mass is 9.89. The molecule has 1 saturated carbocycles. The van der Waals surface area contributed by atoms with Crippen molar-refractivity contribution in [3.05, 3.63) is 82.9 Å². The van der Waals surface area contributed by atoms with E-state index in [9.17, 15) is 9.90 Å². The largest absolute Gasteiger partial charge is 0.392 e. The summed E-state index contributed by atoms with van der Waals surface area (Å²) in [6.07, 6.45) is 6.60. The van der Waals surface area contributed by atoms with Gasteiger partial charge in [-0.2, -0.15) is 0 Å². The SMILES string of the molecule is Cc1cncc(C(=O)N2CCC(c3ccc(-c4ccccc4C4CC4)cc3CO)C2)n1. The van der Waals surface area contributed by atoms with E-state index in [1.54, 1.807) is 6.20 Å². The van der Waals surface area contributed by atoms with Crippen molar-refractivity contribution in [1.29, 1.82) is 0 Å². The Kier molecular flexibility index (Phi) is 5.28. The van der Waals surface area contributed by atoms with Gasteiger partial charge in [0.2, 0.25) is 0 Å². The van der Waals surface area contributed by atoms with Gasteiger partial charge in [-0.25, -0.2) is 4.98 Å². The van der Waals surface area contributed by atoms with Crippen molar-refractivity contribution >= 4 is 5.91 Å². The van der Waals surface area contributed by atoms with E-state index < -0.39 is 0 Å². The average molecular weight is 414 g/mol. The number of carbonyl (C=O) groups excluding carboxylic acids is 1. The molecule has 1 saturated heterocycles. The number of aromatic nitrogens is 2. The Labute approximate surface area is 182 Å². The molecule has 31 heavy (non-hydrogen) atoms. The van der Waals surface area contributed by atoms with Crippen LogP contribution in [0.5, 0.6) is 0 Å². The van der Waals surface area contributed by atoms with E-state index in [2.05, 4.69) is 52.4 Å². The molecule has 2 heterocycles. The molecule has 2 fully saturated rings. The number of aryl methyl sites for hydroxylation is 1. The number of hydrogen-bond acceptors (Lipinski definition) is 4. The van der Waals surface area contributed by atoms with Crippen LogP contribution in [0.4, 0.5) is 0 Å². The Morgan fingerprint density at radius 3 is 2.68 bits per heavy atom. The fourth-order valence-electron chi connectivity index (χ4n) is 4.75. The molecule has 1 unspecified atom stereocenters. The van der Waals surface area contributed by atoms with Crippen LogP contribution in [0.1, 0.15) is 64.0 Å². The van der Waals surface area contributed by atoms with Crippen LogP contribution in [-0.2, 0) is 6.61 Å². The number of aliphatic hydroxyl groups excluding tert-OH is 1. The van der Waals surface area contributed by atoms with E-state index in [-0.39, 0.29) is 18.4 Å². The van der Waals surface area contributed by atoms with Crippen molar-refractivity contribution in [2.45, 2.75) is 44.6 Å². The van der Waals surface area contributed by atoms with Gasteiger partial charge in [0.1, 0.15) is 5.69 Å². The second kappa shape index (κ2) is 8.23. The molecule has 5 heteroatoms. The van der Waals surface area contributed by atoms with Gasteiger partial charge < -0.3 is 10.0 Å². The van der Waals surface area contributed by atoms with Crippen LogP contribution in [0.15, 0.2) is 54.9 Å². The van der Waals surface area contributed by atoms with Crippen LogP contribution in [-0.4, -0.2) is 39.0 Å². The molecule has 1 aliphatic heterocycles. The van der Waals surface area contributed by atoms with E-state index in [1.807, 2.05) is 11.8 Å². The predicted octanol–water partition coefficient (Wildman–Crippen LogP) is 4.45. The molecule has 0 radical (unpaired) electrons. The van der Waals surface area contributed by atoms with Gasteiger partial charge in [-0.3, -0.25) is 9.78 Å². The summed E-state index contributed by atoms with van der Waals surface area (Å²) in [6, 6.07) is 15.1. The second-order valence-corrected chi connectivity index (χ2v) is 8.72. The van der Waals surface area contributed by atoms with Gasteiger partial charge in [-0.1, -0.05) is 36.4 Å². The van der Waals surface area contributed by atoms with E-state index in [4.69, 9.17) is 0 Å². The minimum Gasteiger partial charge on any atom is -0.392 e. The van der Waals surface area contributed by atoms with Crippen molar-refractivity contribution in [3.8, 4) is 11.1 Å². The summed E-state index contributed by atoms with van der Waals surface area (Å²) in [4.78, 5) is 23.1. The average Bonchev–Trinajstić information content (AvgIpc) is 3.54. The lowest BCUT2D eigenvalue weighted by Crippen LogP contribution is -2.29. The number of rotatable bonds is 5. The lowest BCUT2D eigenvalue weighted by Gasteiger charge is -2.19. The van der Waals surface area contributed by atoms with Crippen LogP contribution >= 0.6 is 0 Å². The molecule has 1 atom stereocenters. The maximum absolute atomic E-state index is 12.9. The third-order valence-electron chi connectivity index (χ3n) is 6.49. The summed E-state index contributed by atoms with van der Waals surface area (Å²) in [6.45, 7) is 3.17. The Hall–Kier alpha value is -3.05. The number of hydrogen-bond donors (Lipinski definition) is 1. The molecule has 1 aromatic heterocycles. The molecule has 0 bridgehead atoms. The smallest absolute Gasteiger partial charge is 0.274 e. The molecular weight excluding hydrogens is 386 g/mol. The molecule has 0 spiro atoms. The first-order valence-electron chi connectivity index (χ1n) is 11.0. The number of carbonyl (C=O) groups is 1. The number of amides is 1. The third-order valence-corrected chi connectivity index (χ3v) is 6.49. The predicted molar refractivity (Wildman–Crippen MR) is 120 cm³/mol. The molecule has 2 aromatic carbocycles. The number of likely N-dealkylation sites (tertiary alicyclic amines) is 1. The minimum absolute atomic E-state index is 0.00255. The van der Waals surface area contributed by atoms with Crippen molar-refractivity contribution in [2.75, 3.05) is 13.1 Å². The van der Waals surface area contributed by atoms with Gasteiger partial charge in [0, 0.05) is 25.2 Å². The zero-order valence-electron chi connectivity index (χ0n) is 17.8. The molecule has 1 N–H and O–H groups in total. The van der Waals surface area contributed by atoms with Crippen molar-refractivity contribution in [2.24, 2.45) is 0 Å². The van der Waals surface area contributed by atoms with Crippen LogP contribution in [0.3, 0.4) is 0 Å². The van der Waals surface area contributed by atoms with Crippen LogP contribution < -0.4 is 0 Å². The van der Waals surface area contributed by atoms with Gasteiger partial charge >= 0.3 is 0 Å². The maximum Gasteiger partial charge on any atom is 0.274 e. The number of benzene rings is 2. The fraction of sp³-hybridized carbons (Fsp3) is 0.346. The summed E-state index contributed by atoms with van der Waals surface area (Å²) in [5.74, 6) is 0.823. The number of nitrogens with zero attached hydrogens (tertiary/aromatic N) is 3. The molecule has 2 aliphatic rings. The summed E-state index contributed by atoms with van der Waals surface area (Å²) < 4.78 is 0. The molecule has 5 rings (SSSR count). The van der Waals surface area contributed by atoms with E-state index in [0.717, 1.165) is 28.8 Å². The molecular formula is C26H27N3O2.